The minimum atomic E-state index is -3.37. The Kier molecular flexibility index (Phi) is 52.5. The van der Waals surface area contributed by atoms with Crippen LogP contribution in [0, 0.1) is 0 Å². The smallest absolute Gasteiger partial charge is 0.870 e. The molecule has 0 amide bonds. The van der Waals surface area contributed by atoms with Gasteiger partial charge >= 0.3 is 37.7 Å². The Morgan fingerprint density at radius 2 is 1.29 bits per heavy atom. The van der Waals surface area contributed by atoms with E-state index in [-0.39, 0.29) is 56.7 Å². The third-order valence-corrected chi connectivity index (χ3v) is 0. The molecule has 0 rings (SSSR count). The van der Waals surface area contributed by atoms with E-state index in [1.54, 1.807) is 0 Å². The molecule has 0 aliphatic carbocycles. The summed E-state index contributed by atoms with van der Waals surface area (Å²) in [7, 11) is -3.37. The zero-order valence-electron chi connectivity index (χ0n) is 3.40. The fraction of sp³-hybridized carbons (Fsp3) is 0. The summed E-state index contributed by atoms with van der Waals surface area (Å²) in [6, 6.07) is 0. The predicted octanol–water partition coefficient (Wildman–Crippen LogP) is -3.00. The van der Waals surface area contributed by atoms with Crippen molar-refractivity contribution in [3.63, 3.8) is 0 Å². The van der Waals surface area contributed by atoms with Crippen molar-refractivity contribution in [1.82, 2.24) is 0 Å². The van der Waals surface area contributed by atoms with Gasteiger partial charge < -0.3 is 15.3 Å². The van der Waals surface area contributed by atoms with E-state index in [1.807, 2.05) is 0 Å². The summed E-state index contributed by atoms with van der Waals surface area (Å²) in [5.41, 5.74) is 0. The van der Waals surface area contributed by atoms with Crippen molar-refractivity contribution in [3.8, 4) is 0 Å². The van der Waals surface area contributed by atoms with Crippen molar-refractivity contribution in [1.29, 1.82) is 0 Å². The van der Waals surface area contributed by atoms with E-state index in [4.69, 9.17) is 14.4 Å². The second-order valence-corrected chi connectivity index (χ2v) is 0.671. The van der Waals surface area contributed by atoms with E-state index in [0.29, 0.717) is 0 Å². The van der Waals surface area contributed by atoms with E-state index in [0.717, 1.165) is 0 Å². The van der Waals surface area contributed by atoms with Crippen molar-refractivity contribution in [2.75, 3.05) is 0 Å². The SMILES string of the molecule is O=[P+]([O-])[O-].[Ca+2].[OH-].[SH3+]. The Bertz CT molecular complexity index is 34.7. The van der Waals surface area contributed by atoms with Crippen LogP contribution < -0.4 is 9.79 Å². The van der Waals surface area contributed by atoms with Crippen LogP contribution in [0.1, 0.15) is 0 Å². The molecule has 40 valence electrons. The number of rotatable bonds is 0. The van der Waals surface area contributed by atoms with Gasteiger partial charge in [-0.15, -0.1) is 0 Å². The molecule has 0 spiro atoms. The van der Waals surface area contributed by atoms with Gasteiger partial charge in [0.15, 0.2) is 0 Å². The van der Waals surface area contributed by atoms with Gasteiger partial charge in [0.25, 0.3) is 8.25 Å². The average Bonchev–Trinajstić information content (AvgIpc) is 0.811. The van der Waals surface area contributed by atoms with Crippen LogP contribution in [0.2, 0.25) is 0 Å². The molecule has 0 radical (unpaired) electrons. The topological polar surface area (TPSA) is 93.2 Å². The third kappa shape index (κ3) is 93.8. The fourth-order valence-electron chi connectivity index (χ4n) is 0. The molecule has 0 atom stereocenters. The molecule has 0 heterocycles. The number of hydrogen-bond donors (Lipinski definition) is 0. The van der Waals surface area contributed by atoms with Crippen molar-refractivity contribution < 1.29 is 19.8 Å². The van der Waals surface area contributed by atoms with Gasteiger partial charge in [0, 0.05) is 0 Å². The van der Waals surface area contributed by atoms with Crippen LogP contribution in [0.5, 0.6) is 0 Å². The van der Waals surface area contributed by atoms with Crippen LogP contribution in [-0.2, 0) is 18.1 Å². The standard InChI is InChI=1S/Ca.HO3P.H2O.H2S/c;1-4(2)3;;/h;(H,1,2,3);2*1H2/q+2;;;/p-1. The van der Waals surface area contributed by atoms with Gasteiger partial charge in [0.05, 0.1) is 0 Å². The first kappa shape index (κ1) is 23.5. The van der Waals surface area contributed by atoms with Gasteiger partial charge in [-0.25, -0.2) is 0 Å². The first-order valence-electron chi connectivity index (χ1n) is 0.548. The third-order valence-electron chi connectivity index (χ3n) is 0. The summed E-state index contributed by atoms with van der Waals surface area (Å²) in [5, 5.41) is 0. The second kappa shape index (κ2) is 15.6. The Balaban J connectivity index is -0.0000000150. The zero-order valence-corrected chi connectivity index (χ0v) is 7.66. The Hall–Kier alpha value is 1.59. The summed E-state index contributed by atoms with van der Waals surface area (Å²) in [5.74, 6) is 0. The van der Waals surface area contributed by atoms with Gasteiger partial charge in [-0.3, -0.25) is 0 Å². The maximum Gasteiger partial charge on any atom is 2.00 e. The molecule has 0 unspecified atom stereocenters. The summed E-state index contributed by atoms with van der Waals surface area (Å²) in [4.78, 5) is 17.0. The van der Waals surface area contributed by atoms with Gasteiger partial charge in [-0.1, -0.05) is 18.1 Å². The Morgan fingerprint density at radius 1 is 1.29 bits per heavy atom. The van der Waals surface area contributed by atoms with Crippen molar-refractivity contribution in [3.05, 3.63) is 0 Å². The van der Waals surface area contributed by atoms with Crippen molar-refractivity contribution in [2.45, 2.75) is 0 Å². The summed E-state index contributed by atoms with van der Waals surface area (Å²) in [6.45, 7) is 0. The molecule has 0 saturated heterocycles. The van der Waals surface area contributed by atoms with E-state index in [9.17, 15) is 0 Å². The zero-order chi connectivity index (χ0) is 3.58. The molecule has 0 aromatic rings. The van der Waals surface area contributed by atoms with Crippen LogP contribution >= 0.6 is 8.25 Å². The van der Waals surface area contributed by atoms with Gasteiger partial charge in [0.1, 0.15) is 0 Å². The maximum atomic E-state index is 8.48. The molecule has 7 heavy (non-hydrogen) atoms. The molecule has 7 heteroatoms. The summed E-state index contributed by atoms with van der Waals surface area (Å²) >= 11 is 0. The molecule has 4 nitrogen and oxygen atoms in total. The maximum absolute atomic E-state index is 8.48. The van der Waals surface area contributed by atoms with Gasteiger partial charge in [-0.05, 0) is 0 Å². The molecule has 1 N–H and O–H groups in total. The average molecular weight is 171 g/mol. The first-order chi connectivity index (χ1) is 1.73. The normalized spacial score (nSPS) is 3.71. The van der Waals surface area contributed by atoms with Crippen LogP contribution in [0.15, 0.2) is 0 Å². The van der Waals surface area contributed by atoms with Crippen molar-refractivity contribution in [2.24, 2.45) is 0 Å². The predicted molar refractivity (Wildman–Crippen MR) is 26.8 cm³/mol. The molecule has 0 fully saturated rings. The minimum absolute atomic E-state index is 0. The summed E-state index contributed by atoms with van der Waals surface area (Å²) < 4.78 is 8.48. The van der Waals surface area contributed by atoms with E-state index >= 15 is 0 Å². The Labute approximate surface area is 78.6 Å². The molecular formula is H4CaO4PS+. The molecule has 0 aromatic heterocycles. The molecule has 0 saturated carbocycles. The largest absolute Gasteiger partial charge is 2.00 e. The second-order valence-electron chi connectivity index (χ2n) is 0.224. The molecular weight excluding hydrogens is 167 g/mol. The van der Waals surface area contributed by atoms with Crippen LogP contribution in [0.4, 0.5) is 0 Å². The monoisotopic (exact) mass is 171 g/mol. The van der Waals surface area contributed by atoms with E-state index < -0.39 is 8.25 Å². The fourth-order valence-corrected chi connectivity index (χ4v) is 0. The quantitative estimate of drug-likeness (QED) is 0.220. The van der Waals surface area contributed by atoms with Gasteiger partial charge in [0.2, 0.25) is 0 Å². The first-order valence-corrected chi connectivity index (χ1v) is 1.64. The molecule has 0 aliphatic rings. The van der Waals surface area contributed by atoms with Crippen LogP contribution in [0.3, 0.4) is 0 Å². The van der Waals surface area contributed by atoms with Crippen LogP contribution in [-0.4, -0.2) is 43.2 Å². The number of hydrogen-bond acceptors (Lipinski definition) is 4. The van der Waals surface area contributed by atoms with E-state index in [1.165, 1.54) is 0 Å². The molecule has 0 aliphatic heterocycles. The minimum Gasteiger partial charge on any atom is -0.870 e. The Morgan fingerprint density at radius 3 is 1.29 bits per heavy atom. The molecule has 0 aromatic carbocycles. The van der Waals surface area contributed by atoms with Crippen LogP contribution in [0.25, 0.3) is 0 Å². The van der Waals surface area contributed by atoms with E-state index in [2.05, 4.69) is 0 Å². The molecule has 0 bridgehead atoms. The summed E-state index contributed by atoms with van der Waals surface area (Å²) in [6.07, 6.45) is 0. The van der Waals surface area contributed by atoms with Gasteiger partial charge in [-0.2, -0.15) is 0 Å². The van der Waals surface area contributed by atoms with Crippen molar-refractivity contribution >= 4 is 59.5 Å².